The summed E-state index contributed by atoms with van der Waals surface area (Å²) >= 11 is 0. The maximum absolute atomic E-state index is 12.8. The van der Waals surface area contributed by atoms with Crippen molar-refractivity contribution in [2.45, 2.75) is 84.3 Å². The lowest BCUT2D eigenvalue weighted by Crippen LogP contribution is -2.48. The average Bonchev–Trinajstić information content (AvgIpc) is 2.74. The van der Waals surface area contributed by atoms with Crippen LogP contribution in [0, 0.1) is 16.0 Å². The molecule has 1 rings (SSSR count). The lowest BCUT2D eigenvalue weighted by atomic mass is 10.0. The summed E-state index contributed by atoms with van der Waals surface area (Å²) in [4.78, 5) is 54.3. The van der Waals surface area contributed by atoms with Gasteiger partial charge in [0.25, 0.3) is 5.69 Å². The van der Waals surface area contributed by atoms with Crippen LogP contribution >= 0.6 is 7.82 Å². The van der Waals surface area contributed by atoms with E-state index >= 15 is 0 Å². The van der Waals surface area contributed by atoms with E-state index in [2.05, 4.69) is 17.6 Å². The van der Waals surface area contributed by atoms with Gasteiger partial charge in [-0.15, -0.1) is 0 Å². The minimum absolute atomic E-state index is 0.0210. The molecular weight excluding hydrogens is 465 g/mol. The van der Waals surface area contributed by atoms with Crippen LogP contribution in [-0.4, -0.2) is 38.7 Å². The van der Waals surface area contributed by atoms with Crippen LogP contribution in [0.4, 0.5) is 11.4 Å². The van der Waals surface area contributed by atoms with Gasteiger partial charge in [-0.2, -0.15) is 0 Å². The molecule has 2 amide bonds. The van der Waals surface area contributed by atoms with Gasteiger partial charge >= 0.3 is 7.82 Å². The molecule has 0 bridgehead atoms. The highest BCUT2D eigenvalue weighted by Gasteiger charge is 2.31. The molecule has 0 aliphatic rings. The molecule has 1 aromatic rings. The Morgan fingerprint density at radius 3 is 2.18 bits per heavy atom. The van der Waals surface area contributed by atoms with Crippen molar-refractivity contribution in [1.82, 2.24) is 5.32 Å². The van der Waals surface area contributed by atoms with Gasteiger partial charge in [-0.1, -0.05) is 59.3 Å². The number of carbonyl (C=O) groups is 2. The van der Waals surface area contributed by atoms with E-state index < -0.39 is 36.7 Å². The van der Waals surface area contributed by atoms with Gasteiger partial charge < -0.3 is 20.4 Å². The largest absolute Gasteiger partial charge is 0.470 e. The summed E-state index contributed by atoms with van der Waals surface area (Å²) in [6.07, 6.45) is 4.52. The minimum atomic E-state index is -4.92. The molecule has 34 heavy (non-hydrogen) atoms. The maximum atomic E-state index is 12.8. The number of nitrogens with one attached hydrogen (secondary N) is 2. The summed E-state index contributed by atoms with van der Waals surface area (Å²) in [5, 5.41) is 16.0. The Morgan fingerprint density at radius 1 is 1.06 bits per heavy atom. The molecular formula is C22H36N3O8P. The molecule has 1 aromatic carbocycles. The summed E-state index contributed by atoms with van der Waals surface area (Å²) in [6, 6.07) is 4.26. The Hall–Kier alpha value is -2.33. The van der Waals surface area contributed by atoms with Crippen LogP contribution in [0.25, 0.3) is 0 Å². The Bertz CT molecular complexity index is 841. The number of nitro benzene ring substituents is 1. The number of rotatable bonds is 16. The summed E-state index contributed by atoms with van der Waals surface area (Å²) in [6.45, 7) is 5.82. The molecule has 0 aliphatic heterocycles. The van der Waals surface area contributed by atoms with E-state index in [1.807, 2.05) is 13.8 Å². The molecule has 0 spiro atoms. The third-order valence-electron chi connectivity index (χ3n) is 5.06. The second kappa shape index (κ2) is 14.8. The lowest BCUT2D eigenvalue weighted by Gasteiger charge is -2.24. The number of hydrogen-bond acceptors (Lipinski definition) is 6. The van der Waals surface area contributed by atoms with Crippen LogP contribution in [0.5, 0.6) is 0 Å². The molecule has 12 heteroatoms. The number of amides is 2. The standard InChI is InChI=1S/C22H36N3O8P/c1-4-5-6-7-8-9-10-20(33-34(30,31)32)22(27)24-19(15-16(2)3)21(26)23-17-11-13-18(14-12-17)25(28)29/h11-14,16,19-20H,4-10,15H2,1-3H3,(H,23,26)(H,24,27)(H2,30,31,32)/t19-,20-/m0/s1. The van der Waals surface area contributed by atoms with Crippen LogP contribution in [0.3, 0.4) is 0 Å². The SMILES string of the molecule is CCCCCCCC[C@H](OP(=O)(O)O)C(=O)N[C@@H](CC(C)C)C(=O)Nc1ccc([N+](=O)[O-])cc1. The van der Waals surface area contributed by atoms with Crippen LogP contribution in [0.15, 0.2) is 24.3 Å². The maximum Gasteiger partial charge on any atom is 0.470 e. The number of unbranched alkanes of at least 4 members (excludes halogenated alkanes) is 5. The minimum Gasteiger partial charge on any atom is -0.342 e. The number of non-ortho nitro benzene ring substituents is 1. The van der Waals surface area contributed by atoms with Crippen LogP contribution in [-0.2, 0) is 18.7 Å². The fraction of sp³-hybridized carbons (Fsp3) is 0.636. The van der Waals surface area contributed by atoms with Crippen LogP contribution in [0.1, 0.15) is 72.1 Å². The zero-order valence-electron chi connectivity index (χ0n) is 19.9. The Morgan fingerprint density at radius 2 is 1.65 bits per heavy atom. The number of carbonyl (C=O) groups excluding carboxylic acids is 2. The predicted molar refractivity (Wildman–Crippen MR) is 128 cm³/mol. The van der Waals surface area contributed by atoms with Gasteiger partial charge in [0.2, 0.25) is 11.8 Å². The van der Waals surface area contributed by atoms with Crippen molar-refractivity contribution in [2.75, 3.05) is 5.32 Å². The number of benzene rings is 1. The van der Waals surface area contributed by atoms with Crippen LogP contribution in [0.2, 0.25) is 0 Å². The monoisotopic (exact) mass is 501 g/mol. The molecule has 2 atom stereocenters. The first-order chi connectivity index (χ1) is 15.9. The molecule has 0 saturated carbocycles. The second-order valence-electron chi connectivity index (χ2n) is 8.63. The van der Waals surface area contributed by atoms with Crippen molar-refractivity contribution in [3.8, 4) is 0 Å². The van der Waals surface area contributed by atoms with Gasteiger partial charge in [-0.25, -0.2) is 4.57 Å². The molecule has 0 heterocycles. The first-order valence-electron chi connectivity index (χ1n) is 11.5. The van der Waals surface area contributed by atoms with Crippen molar-refractivity contribution in [1.29, 1.82) is 0 Å². The molecule has 0 unspecified atom stereocenters. The molecule has 4 N–H and O–H groups in total. The van der Waals surface area contributed by atoms with E-state index in [-0.39, 0.29) is 24.4 Å². The van der Waals surface area contributed by atoms with Gasteiger partial charge in [0, 0.05) is 17.8 Å². The third-order valence-corrected chi connectivity index (χ3v) is 5.59. The Balaban J connectivity index is 2.84. The van der Waals surface area contributed by atoms with Gasteiger partial charge in [0.1, 0.15) is 12.1 Å². The summed E-state index contributed by atoms with van der Waals surface area (Å²) < 4.78 is 16.1. The topological polar surface area (TPSA) is 168 Å². The number of anilines is 1. The normalized spacial score (nSPS) is 13.4. The smallest absolute Gasteiger partial charge is 0.342 e. The fourth-order valence-corrected chi connectivity index (χ4v) is 3.90. The van der Waals surface area contributed by atoms with E-state index in [1.165, 1.54) is 24.3 Å². The highest BCUT2D eigenvalue weighted by atomic mass is 31.2. The number of phosphoric acid groups is 1. The Kier molecular flexibility index (Phi) is 13.0. The van der Waals surface area contributed by atoms with Crippen molar-refractivity contribution >= 4 is 31.0 Å². The lowest BCUT2D eigenvalue weighted by molar-refractivity contribution is -0.384. The molecule has 11 nitrogen and oxygen atoms in total. The van der Waals surface area contributed by atoms with Gasteiger partial charge in [-0.05, 0) is 30.9 Å². The number of nitro groups is 1. The van der Waals surface area contributed by atoms with Crippen molar-refractivity contribution < 1.29 is 33.4 Å². The summed E-state index contributed by atoms with van der Waals surface area (Å²) in [5.41, 5.74) is 0.186. The van der Waals surface area contributed by atoms with Gasteiger partial charge in [-0.3, -0.25) is 24.2 Å². The summed E-state index contributed by atoms with van der Waals surface area (Å²) in [5.74, 6) is -1.31. The second-order valence-corrected chi connectivity index (χ2v) is 9.82. The molecule has 0 aromatic heterocycles. The van der Waals surface area contributed by atoms with Gasteiger partial charge in [0.15, 0.2) is 0 Å². The zero-order valence-corrected chi connectivity index (χ0v) is 20.8. The van der Waals surface area contributed by atoms with E-state index in [9.17, 15) is 34.1 Å². The van der Waals surface area contributed by atoms with E-state index in [1.54, 1.807) is 0 Å². The molecule has 0 saturated heterocycles. The Labute approximate surface area is 200 Å². The van der Waals surface area contributed by atoms with Crippen LogP contribution < -0.4 is 10.6 Å². The molecule has 0 radical (unpaired) electrons. The highest BCUT2D eigenvalue weighted by Crippen LogP contribution is 2.38. The first-order valence-corrected chi connectivity index (χ1v) is 13.1. The number of phosphoric ester groups is 1. The first kappa shape index (κ1) is 29.7. The highest BCUT2D eigenvalue weighted by molar-refractivity contribution is 7.46. The van der Waals surface area contributed by atoms with Crippen molar-refractivity contribution in [3.05, 3.63) is 34.4 Å². The van der Waals surface area contributed by atoms with Gasteiger partial charge in [0.05, 0.1) is 4.92 Å². The third kappa shape index (κ3) is 12.2. The molecule has 192 valence electrons. The van der Waals surface area contributed by atoms with E-state index in [0.717, 1.165) is 32.1 Å². The average molecular weight is 502 g/mol. The number of nitrogens with zero attached hydrogens (tertiary/aromatic N) is 1. The summed E-state index contributed by atoms with van der Waals surface area (Å²) in [7, 11) is -4.92. The zero-order chi connectivity index (χ0) is 25.7. The molecule has 0 aliphatic carbocycles. The van der Waals surface area contributed by atoms with Crippen molar-refractivity contribution in [2.24, 2.45) is 5.92 Å². The predicted octanol–water partition coefficient (Wildman–Crippen LogP) is 4.29. The molecule has 0 fully saturated rings. The fourth-order valence-electron chi connectivity index (χ4n) is 3.37. The number of hydrogen-bond donors (Lipinski definition) is 4. The quantitative estimate of drug-likeness (QED) is 0.113. The van der Waals surface area contributed by atoms with Crippen molar-refractivity contribution in [3.63, 3.8) is 0 Å². The van der Waals surface area contributed by atoms with E-state index in [4.69, 9.17) is 4.52 Å². The van der Waals surface area contributed by atoms with E-state index in [0.29, 0.717) is 12.1 Å².